The average molecular weight is 284 g/mol. The van der Waals surface area contributed by atoms with Crippen molar-refractivity contribution >= 4 is 49.1 Å². The second-order valence-electron chi connectivity index (χ2n) is 2.73. The van der Waals surface area contributed by atoms with Crippen molar-refractivity contribution in [1.82, 2.24) is 0 Å². The van der Waals surface area contributed by atoms with E-state index < -0.39 is 0 Å². The molecule has 0 atom stereocenters. The lowest BCUT2D eigenvalue weighted by atomic mass is 10.2. The zero-order chi connectivity index (χ0) is 10.1. The van der Waals surface area contributed by atoms with Gasteiger partial charge < -0.3 is 0 Å². The van der Waals surface area contributed by atoms with Gasteiger partial charge in [-0.25, -0.2) is 0 Å². The Bertz CT molecular complexity index is 525. The summed E-state index contributed by atoms with van der Waals surface area (Å²) in [5.74, 6) is 0. The van der Waals surface area contributed by atoms with Gasteiger partial charge in [-0.05, 0) is 39.7 Å². The Labute approximate surface area is 98.9 Å². The van der Waals surface area contributed by atoms with Crippen molar-refractivity contribution < 1.29 is 0 Å². The molecule has 1 nitrogen and oxygen atoms in total. The molecular formula is C10H6BrNS2. The summed E-state index contributed by atoms with van der Waals surface area (Å²) in [7, 11) is 0. The summed E-state index contributed by atoms with van der Waals surface area (Å²) in [5.41, 5.74) is 0.763. The second kappa shape index (κ2) is 3.93. The molecule has 0 saturated carbocycles. The van der Waals surface area contributed by atoms with E-state index >= 15 is 0 Å². The van der Waals surface area contributed by atoms with E-state index in [1.54, 1.807) is 23.1 Å². The van der Waals surface area contributed by atoms with Gasteiger partial charge in [-0.1, -0.05) is 6.07 Å². The van der Waals surface area contributed by atoms with E-state index in [0.717, 1.165) is 14.2 Å². The normalized spacial score (nSPS) is 10.4. The fourth-order valence-corrected chi connectivity index (χ4v) is 3.91. The highest BCUT2D eigenvalue weighted by Crippen LogP contribution is 2.37. The fraction of sp³-hybridized carbons (Fsp3) is 0.100. The molecule has 70 valence electrons. The number of nitriles is 1. The van der Waals surface area contributed by atoms with Crippen molar-refractivity contribution in [3.05, 3.63) is 27.5 Å². The van der Waals surface area contributed by atoms with Crippen LogP contribution in [0.1, 0.15) is 5.56 Å². The molecule has 0 aliphatic heterocycles. The first kappa shape index (κ1) is 10.0. The topological polar surface area (TPSA) is 23.8 Å². The first-order valence-corrected chi connectivity index (χ1v) is 6.76. The molecule has 4 heteroatoms. The molecule has 0 aliphatic rings. The van der Waals surface area contributed by atoms with Crippen LogP contribution < -0.4 is 0 Å². The highest BCUT2D eigenvalue weighted by molar-refractivity contribution is 9.11. The van der Waals surface area contributed by atoms with Crippen LogP contribution in [-0.4, -0.2) is 6.26 Å². The minimum atomic E-state index is 0.763. The lowest BCUT2D eigenvalue weighted by Gasteiger charge is -2.00. The Kier molecular flexibility index (Phi) is 2.82. The molecule has 14 heavy (non-hydrogen) atoms. The van der Waals surface area contributed by atoms with E-state index in [2.05, 4.69) is 28.1 Å². The van der Waals surface area contributed by atoms with Crippen molar-refractivity contribution in [2.45, 2.75) is 4.90 Å². The van der Waals surface area contributed by atoms with Crippen molar-refractivity contribution in [2.24, 2.45) is 0 Å². The van der Waals surface area contributed by atoms with Gasteiger partial charge in [0.25, 0.3) is 0 Å². The summed E-state index contributed by atoms with van der Waals surface area (Å²) in [6.45, 7) is 0. The molecule has 2 rings (SSSR count). The lowest BCUT2D eigenvalue weighted by Crippen LogP contribution is -1.79. The maximum Gasteiger partial charge on any atom is 0.100 e. The van der Waals surface area contributed by atoms with Crippen LogP contribution in [0.4, 0.5) is 0 Å². The van der Waals surface area contributed by atoms with Crippen LogP contribution in [0.3, 0.4) is 0 Å². The quantitative estimate of drug-likeness (QED) is 0.731. The van der Waals surface area contributed by atoms with E-state index in [-0.39, 0.29) is 0 Å². The van der Waals surface area contributed by atoms with Gasteiger partial charge in [0.05, 0.1) is 14.0 Å². The van der Waals surface area contributed by atoms with Gasteiger partial charge >= 0.3 is 0 Å². The predicted molar refractivity (Wildman–Crippen MR) is 66.0 cm³/mol. The van der Waals surface area contributed by atoms with Crippen molar-refractivity contribution in [1.29, 1.82) is 5.26 Å². The van der Waals surface area contributed by atoms with Crippen LogP contribution >= 0.6 is 39.0 Å². The number of thioether (sulfide) groups is 1. The van der Waals surface area contributed by atoms with E-state index in [1.165, 1.54) is 10.1 Å². The van der Waals surface area contributed by atoms with Gasteiger partial charge in [-0.2, -0.15) is 5.26 Å². The largest absolute Gasteiger partial charge is 0.192 e. The van der Waals surface area contributed by atoms with Crippen molar-refractivity contribution in [2.75, 3.05) is 6.26 Å². The van der Waals surface area contributed by atoms with Crippen LogP contribution in [0.15, 0.2) is 26.9 Å². The van der Waals surface area contributed by atoms with E-state index in [9.17, 15) is 0 Å². The van der Waals surface area contributed by atoms with Crippen molar-refractivity contribution in [3.63, 3.8) is 0 Å². The molecular weight excluding hydrogens is 278 g/mol. The standard InChI is InChI=1S/C10H6BrNS2/c1-13-9-7(5-12)3-2-6-4-8(11)14-10(6)9/h2-4H,1H3. The summed E-state index contributed by atoms with van der Waals surface area (Å²) < 4.78 is 2.31. The monoisotopic (exact) mass is 283 g/mol. The predicted octanol–water partition coefficient (Wildman–Crippen LogP) is 4.26. The average Bonchev–Trinajstić information content (AvgIpc) is 2.56. The maximum absolute atomic E-state index is 8.95. The van der Waals surface area contributed by atoms with Crippen LogP contribution in [0.5, 0.6) is 0 Å². The van der Waals surface area contributed by atoms with Gasteiger partial charge in [0.2, 0.25) is 0 Å². The van der Waals surface area contributed by atoms with Gasteiger partial charge in [0.15, 0.2) is 0 Å². The number of hydrogen-bond donors (Lipinski definition) is 0. The number of fused-ring (bicyclic) bond motifs is 1. The van der Waals surface area contributed by atoms with Crippen LogP contribution in [0, 0.1) is 11.3 Å². The zero-order valence-corrected chi connectivity index (χ0v) is 10.6. The zero-order valence-electron chi connectivity index (χ0n) is 7.37. The van der Waals surface area contributed by atoms with Crippen molar-refractivity contribution in [3.8, 4) is 6.07 Å². The summed E-state index contributed by atoms with van der Waals surface area (Å²) in [4.78, 5) is 1.08. The number of nitrogens with zero attached hydrogens (tertiary/aromatic N) is 1. The molecule has 1 aromatic heterocycles. The van der Waals surface area contributed by atoms with Gasteiger partial charge in [0.1, 0.15) is 6.07 Å². The second-order valence-corrected chi connectivity index (χ2v) is 5.97. The molecule has 0 aliphatic carbocycles. The van der Waals surface area contributed by atoms with Gasteiger partial charge in [0, 0.05) is 4.90 Å². The summed E-state index contributed by atoms with van der Waals surface area (Å²) in [6, 6.07) is 8.18. The Balaban J connectivity index is 2.84. The Morgan fingerprint density at radius 1 is 1.50 bits per heavy atom. The molecule has 0 saturated heterocycles. The third kappa shape index (κ3) is 1.56. The lowest BCUT2D eigenvalue weighted by molar-refractivity contribution is 1.43. The Morgan fingerprint density at radius 2 is 2.29 bits per heavy atom. The highest BCUT2D eigenvalue weighted by Gasteiger charge is 2.08. The smallest absolute Gasteiger partial charge is 0.100 e. The first-order valence-electron chi connectivity index (χ1n) is 3.92. The van der Waals surface area contributed by atoms with E-state index in [4.69, 9.17) is 5.26 Å². The summed E-state index contributed by atoms with van der Waals surface area (Å²) in [6.07, 6.45) is 2.00. The van der Waals surface area contributed by atoms with Gasteiger partial charge in [-0.3, -0.25) is 0 Å². The number of benzene rings is 1. The van der Waals surface area contributed by atoms with Crippen LogP contribution in [0.25, 0.3) is 10.1 Å². The number of halogens is 1. The molecule has 0 amide bonds. The first-order chi connectivity index (χ1) is 6.76. The minimum absolute atomic E-state index is 0.763. The SMILES string of the molecule is CSc1c(C#N)ccc2cc(Br)sc12. The van der Waals surface area contributed by atoms with Crippen LogP contribution in [-0.2, 0) is 0 Å². The number of hydrogen-bond acceptors (Lipinski definition) is 3. The molecule has 1 heterocycles. The molecule has 0 N–H and O–H groups in total. The Morgan fingerprint density at radius 3 is 2.93 bits per heavy atom. The third-order valence-corrected chi connectivity index (χ3v) is 4.57. The van der Waals surface area contributed by atoms with E-state index in [1.807, 2.05) is 18.4 Å². The molecule has 0 radical (unpaired) electrons. The minimum Gasteiger partial charge on any atom is -0.192 e. The molecule has 1 aromatic carbocycles. The molecule has 2 aromatic rings. The molecule has 0 fully saturated rings. The molecule has 0 bridgehead atoms. The van der Waals surface area contributed by atoms with Crippen LogP contribution in [0.2, 0.25) is 0 Å². The van der Waals surface area contributed by atoms with Gasteiger partial charge in [-0.15, -0.1) is 23.1 Å². The Hall–Kier alpha value is -0.500. The number of thiophene rings is 1. The summed E-state index contributed by atoms with van der Waals surface area (Å²) in [5, 5.41) is 10.1. The van der Waals surface area contributed by atoms with E-state index in [0.29, 0.717) is 0 Å². The molecule has 0 unspecified atom stereocenters. The fourth-order valence-electron chi connectivity index (χ4n) is 1.34. The maximum atomic E-state index is 8.95. The molecule has 0 spiro atoms. The summed E-state index contributed by atoms with van der Waals surface area (Å²) >= 11 is 6.77. The number of rotatable bonds is 1. The third-order valence-electron chi connectivity index (χ3n) is 1.94. The highest BCUT2D eigenvalue weighted by atomic mass is 79.9.